The molecule has 7 heteroatoms. The highest BCUT2D eigenvalue weighted by Gasteiger charge is 2.35. The van der Waals surface area contributed by atoms with Crippen LogP contribution in [0.2, 0.25) is 0 Å². The minimum absolute atomic E-state index is 0.138. The van der Waals surface area contributed by atoms with E-state index in [1.807, 2.05) is 0 Å². The maximum Gasteiger partial charge on any atom is 0.198 e. The molecule has 0 aliphatic rings. The highest BCUT2D eigenvalue weighted by atomic mass is 16.1. The van der Waals surface area contributed by atoms with Crippen LogP contribution in [0.25, 0.3) is 0 Å². The summed E-state index contributed by atoms with van der Waals surface area (Å²) in [5.41, 5.74) is 6.64. The van der Waals surface area contributed by atoms with E-state index in [1.54, 1.807) is 42.5 Å². The Kier molecular flexibility index (Phi) is 6.08. The van der Waals surface area contributed by atoms with Crippen molar-refractivity contribution >= 4 is 17.3 Å². The van der Waals surface area contributed by atoms with Gasteiger partial charge >= 0.3 is 0 Å². The van der Waals surface area contributed by atoms with Gasteiger partial charge in [-0.1, -0.05) is 18.2 Å². The Morgan fingerprint density at radius 3 is 1.64 bits per heavy atom. The molecule has 2 unspecified atom stereocenters. The van der Waals surface area contributed by atoms with Gasteiger partial charge in [-0.15, -0.1) is 0 Å². The molecule has 2 atom stereocenters. The number of nitrogens with zero attached hydrogens (tertiary/aromatic N) is 3. The zero-order valence-electron chi connectivity index (χ0n) is 14.9. The van der Waals surface area contributed by atoms with Crippen molar-refractivity contribution in [1.82, 2.24) is 15.0 Å². The maximum absolute atomic E-state index is 13.0. The molecule has 0 spiro atoms. The Balaban J connectivity index is 1.91. The lowest BCUT2D eigenvalue weighted by Gasteiger charge is -2.20. The smallest absolute Gasteiger partial charge is 0.198 e. The lowest BCUT2D eigenvalue weighted by Crippen LogP contribution is -2.43. The number of aromatic nitrogens is 3. The molecule has 0 fully saturated rings. The minimum Gasteiger partial charge on any atom is -0.321 e. The first-order valence-electron chi connectivity index (χ1n) is 8.68. The normalized spacial score (nSPS) is 12.8. The van der Waals surface area contributed by atoms with E-state index in [0.29, 0.717) is 0 Å². The molecular formula is C21H18N4O3. The van der Waals surface area contributed by atoms with E-state index < -0.39 is 23.5 Å². The van der Waals surface area contributed by atoms with Gasteiger partial charge in [-0.2, -0.15) is 0 Å². The molecule has 3 aromatic heterocycles. The average Bonchev–Trinajstić information content (AvgIpc) is 2.77. The summed E-state index contributed by atoms with van der Waals surface area (Å²) in [6.45, 7) is 0. The molecule has 0 radical (unpaired) electrons. The molecule has 0 amide bonds. The second-order valence-electron chi connectivity index (χ2n) is 6.13. The number of hydrogen-bond donors (Lipinski definition) is 1. The molecule has 3 aromatic rings. The van der Waals surface area contributed by atoms with E-state index in [2.05, 4.69) is 15.0 Å². The molecule has 28 heavy (non-hydrogen) atoms. The fourth-order valence-corrected chi connectivity index (χ4v) is 2.78. The summed E-state index contributed by atoms with van der Waals surface area (Å²) in [5.74, 6) is -2.44. The topological polar surface area (TPSA) is 116 Å². The van der Waals surface area contributed by atoms with Crippen molar-refractivity contribution in [3.8, 4) is 0 Å². The van der Waals surface area contributed by atoms with Crippen LogP contribution in [0, 0.1) is 5.92 Å². The summed E-state index contributed by atoms with van der Waals surface area (Å²) in [6, 6.07) is 13.4. The average molecular weight is 374 g/mol. The van der Waals surface area contributed by atoms with Crippen molar-refractivity contribution in [3.05, 3.63) is 90.3 Å². The summed E-state index contributed by atoms with van der Waals surface area (Å²) >= 11 is 0. The Hall–Kier alpha value is -3.58. The summed E-state index contributed by atoms with van der Waals surface area (Å²) < 4.78 is 0. The predicted octanol–water partition coefficient (Wildman–Crippen LogP) is 2.15. The zero-order chi connectivity index (χ0) is 19.9. The van der Waals surface area contributed by atoms with Gasteiger partial charge in [0.2, 0.25) is 0 Å². The standard InChI is InChI=1S/C21H18N4O3/c22-19(21(28)17-9-3-6-12-25-17)14(20(27)16-8-2-5-11-24-16)13-18(26)15-7-1-4-10-23-15/h1-12,14,19H,13,22H2. The number of hydrogen-bond acceptors (Lipinski definition) is 7. The third-order valence-corrected chi connectivity index (χ3v) is 4.26. The van der Waals surface area contributed by atoms with E-state index >= 15 is 0 Å². The molecule has 0 aromatic carbocycles. The monoisotopic (exact) mass is 374 g/mol. The Morgan fingerprint density at radius 2 is 1.18 bits per heavy atom. The van der Waals surface area contributed by atoms with Gasteiger partial charge in [0, 0.05) is 25.0 Å². The summed E-state index contributed by atoms with van der Waals surface area (Å²) in [6.07, 6.45) is 4.17. The number of Topliss-reactive ketones (excluding diaryl/α,β-unsaturated/α-hetero) is 3. The molecule has 0 saturated heterocycles. The molecule has 140 valence electrons. The van der Waals surface area contributed by atoms with Crippen molar-refractivity contribution in [2.24, 2.45) is 11.7 Å². The van der Waals surface area contributed by atoms with Crippen molar-refractivity contribution < 1.29 is 14.4 Å². The van der Waals surface area contributed by atoms with Gasteiger partial charge in [-0.3, -0.25) is 29.3 Å². The Bertz CT molecular complexity index is 963. The maximum atomic E-state index is 13.0. The van der Waals surface area contributed by atoms with Gasteiger partial charge in [0.25, 0.3) is 0 Å². The Labute approximate surface area is 161 Å². The molecule has 2 N–H and O–H groups in total. The quantitative estimate of drug-likeness (QED) is 0.601. The number of pyridine rings is 3. The summed E-state index contributed by atoms with van der Waals surface area (Å²) in [4.78, 5) is 50.4. The molecule has 0 aliphatic carbocycles. The van der Waals surface area contributed by atoms with Gasteiger partial charge in [-0.05, 0) is 36.4 Å². The SMILES string of the molecule is NC(C(=O)c1ccccn1)C(CC(=O)c1ccccn1)C(=O)c1ccccn1. The van der Waals surface area contributed by atoms with Crippen LogP contribution < -0.4 is 5.73 Å². The number of rotatable bonds is 8. The molecule has 7 nitrogen and oxygen atoms in total. The third-order valence-electron chi connectivity index (χ3n) is 4.26. The minimum atomic E-state index is -1.24. The van der Waals surface area contributed by atoms with Gasteiger partial charge in [0.15, 0.2) is 17.3 Å². The lowest BCUT2D eigenvalue weighted by atomic mass is 9.85. The van der Waals surface area contributed by atoms with E-state index in [-0.39, 0.29) is 29.3 Å². The van der Waals surface area contributed by atoms with Crippen LogP contribution in [0.4, 0.5) is 0 Å². The van der Waals surface area contributed by atoms with Gasteiger partial charge in [0.05, 0.1) is 12.0 Å². The first kappa shape index (κ1) is 19.2. The number of carbonyl (C=O) groups is 3. The van der Waals surface area contributed by atoms with Crippen LogP contribution in [0.15, 0.2) is 73.2 Å². The molecule has 0 saturated carbocycles. The number of ketones is 3. The van der Waals surface area contributed by atoms with Gasteiger partial charge < -0.3 is 5.73 Å². The zero-order valence-corrected chi connectivity index (χ0v) is 14.9. The summed E-state index contributed by atoms with van der Waals surface area (Å²) in [7, 11) is 0. The fraction of sp³-hybridized carbons (Fsp3) is 0.143. The second-order valence-corrected chi connectivity index (χ2v) is 6.13. The van der Waals surface area contributed by atoms with Gasteiger partial charge in [-0.25, -0.2) is 0 Å². The van der Waals surface area contributed by atoms with Crippen LogP contribution in [0.3, 0.4) is 0 Å². The number of carbonyl (C=O) groups excluding carboxylic acids is 3. The van der Waals surface area contributed by atoms with E-state index in [0.717, 1.165) is 0 Å². The third kappa shape index (κ3) is 4.39. The van der Waals surface area contributed by atoms with Crippen molar-refractivity contribution in [3.63, 3.8) is 0 Å². The number of nitrogens with two attached hydrogens (primary N) is 1. The molecule has 0 bridgehead atoms. The molecule has 0 aliphatic heterocycles. The fourth-order valence-electron chi connectivity index (χ4n) is 2.78. The lowest BCUT2D eigenvalue weighted by molar-refractivity contribution is 0.0776. The van der Waals surface area contributed by atoms with Crippen LogP contribution >= 0.6 is 0 Å². The van der Waals surface area contributed by atoms with E-state index in [1.165, 1.54) is 30.7 Å². The van der Waals surface area contributed by atoms with Crippen LogP contribution in [-0.2, 0) is 0 Å². The van der Waals surface area contributed by atoms with Crippen LogP contribution in [0.5, 0.6) is 0 Å². The van der Waals surface area contributed by atoms with E-state index in [9.17, 15) is 14.4 Å². The first-order chi connectivity index (χ1) is 13.6. The second kappa shape index (κ2) is 8.88. The van der Waals surface area contributed by atoms with E-state index in [4.69, 9.17) is 5.73 Å². The van der Waals surface area contributed by atoms with Crippen molar-refractivity contribution in [2.75, 3.05) is 0 Å². The van der Waals surface area contributed by atoms with Crippen molar-refractivity contribution in [1.29, 1.82) is 0 Å². The van der Waals surface area contributed by atoms with Crippen LogP contribution in [0.1, 0.15) is 37.9 Å². The Morgan fingerprint density at radius 1 is 0.714 bits per heavy atom. The first-order valence-corrected chi connectivity index (χ1v) is 8.68. The largest absolute Gasteiger partial charge is 0.321 e. The molecular weight excluding hydrogens is 356 g/mol. The molecule has 3 rings (SSSR count). The highest BCUT2D eigenvalue weighted by molar-refractivity contribution is 6.07. The summed E-state index contributed by atoms with van der Waals surface area (Å²) in [5, 5.41) is 0. The van der Waals surface area contributed by atoms with Crippen molar-refractivity contribution in [2.45, 2.75) is 12.5 Å². The predicted molar refractivity (Wildman–Crippen MR) is 102 cm³/mol. The van der Waals surface area contributed by atoms with Gasteiger partial charge in [0.1, 0.15) is 17.1 Å². The molecule has 3 heterocycles. The van der Waals surface area contributed by atoms with Crippen LogP contribution in [-0.4, -0.2) is 38.3 Å². The highest BCUT2D eigenvalue weighted by Crippen LogP contribution is 2.19.